The lowest BCUT2D eigenvalue weighted by Gasteiger charge is -2.27. The molecule has 0 aliphatic heterocycles. The number of fused-ring (bicyclic) bond motifs is 1. The van der Waals surface area contributed by atoms with Crippen molar-refractivity contribution < 1.29 is 14.3 Å². The molecule has 7 nitrogen and oxygen atoms in total. The minimum atomic E-state index is -0.482. The van der Waals surface area contributed by atoms with Crippen molar-refractivity contribution in [2.24, 2.45) is 5.92 Å². The first-order valence-electron chi connectivity index (χ1n) is 12.5. The fourth-order valence-electron chi connectivity index (χ4n) is 4.26. The molecule has 33 heavy (non-hydrogen) atoms. The van der Waals surface area contributed by atoms with Gasteiger partial charge in [0.05, 0.1) is 18.3 Å². The van der Waals surface area contributed by atoms with Crippen molar-refractivity contribution >= 4 is 22.9 Å². The monoisotopic (exact) mass is 458 g/mol. The highest BCUT2D eigenvalue weighted by molar-refractivity contribution is 5.84. The number of hydrogen-bond acceptors (Lipinski definition) is 5. The number of aromatic nitrogens is 3. The quantitative estimate of drug-likeness (QED) is 0.267. The Morgan fingerprint density at radius 3 is 2.42 bits per heavy atom. The number of nitrogens with zero attached hydrogens (tertiary/aromatic N) is 4. The van der Waals surface area contributed by atoms with Gasteiger partial charge in [0.25, 0.3) is 0 Å². The molecule has 2 aromatic heterocycles. The van der Waals surface area contributed by atoms with Crippen LogP contribution in [0, 0.1) is 12.8 Å². The van der Waals surface area contributed by atoms with Gasteiger partial charge in [-0.15, -0.1) is 0 Å². The summed E-state index contributed by atoms with van der Waals surface area (Å²) >= 11 is 0. The highest BCUT2D eigenvalue weighted by atomic mass is 16.5. The molecule has 184 valence electrons. The standard InChI is InChI=1S/C26H42N4O3/c1-6-33-26(32)24(18-20(2)3)29(5)25(31)14-12-10-8-7-9-11-13-17-30-21(4)28-22-19-27-16-15-23(22)30/h15-16,19-20,24H,6-14,17-18H2,1-5H3/t24-/m0/s1. The molecule has 0 bridgehead atoms. The first-order valence-corrected chi connectivity index (χ1v) is 12.5. The summed E-state index contributed by atoms with van der Waals surface area (Å²) in [5.74, 6) is 1.11. The lowest BCUT2D eigenvalue weighted by Crippen LogP contribution is -2.44. The molecule has 0 N–H and O–H groups in total. The number of esters is 1. The number of carbonyl (C=O) groups excluding carboxylic acids is 2. The summed E-state index contributed by atoms with van der Waals surface area (Å²) in [6.07, 6.45) is 12.6. The van der Waals surface area contributed by atoms with Crippen LogP contribution in [0.1, 0.15) is 84.4 Å². The summed E-state index contributed by atoms with van der Waals surface area (Å²) in [5, 5.41) is 0. The van der Waals surface area contributed by atoms with Crippen LogP contribution in [0.2, 0.25) is 0 Å². The van der Waals surface area contributed by atoms with E-state index in [0.717, 1.165) is 49.1 Å². The molecule has 1 atom stereocenters. The van der Waals surface area contributed by atoms with Crippen molar-refractivity contribution in [1.82, 2.24) is 19.4 Å². The normalized spacial score (nSPS) is 12.3. The average Bonchev–Trinajstić information content (AvgIpc) is 3.10. The van der Waals surface area contributed by atoms with Gasteiger partial charge in [0.15, 0.2) is 0 Å². The second-order valence-electron chi connectivity index (χ2n) is 9.30. The molecular formula is C26H42N4O3. The zero-order chi connectivity index (χ0) is 24.2. The average molecular weight is 459 g/mol. The Balaban J connectivity index is 1.60. The first kappa shape index (κ1) is 26.8. The van der Waals surface area contributed by atoms with Crippen LogP contribution >= 0.6 is 0 Å². The fourth-order valence-corrected chi connectivity index (χ4v) is 4.26. The number of rotatable bonds is 15. The third kappa shape index (κ3) is 8.45. The number of hydrogen-bond donors (Lipinski definition) is 0. The van der Waals surface area contributed by atoms with Crippen molar-refractivity contribution in [3.05, 3.63) is 24.3 Å². The molecule has 0 spiro atoms. The number of aryl methyl sites for hydroxylation is 2. The van der Waals surface area contributed by atoms with Crippen LogP contribution in [0.3, 0.4) is 0 Å². The molecule has 0 radical (unpaired) electrons. The number of ether oxygens (including phenoxy) is 1. The van der Waals surface area contributed by atoms with Crippen LogP contribution in [-0.4, -0.2) is 51.0 Å². The maximum atomic E-state index is 12.6. The van der Waals surface area contributed by atoms with Gasteiger partial charge in [-0.1, -0.05) is 46.0 Å². The largest absolute Gasteiger partial charge is 0.464 e. The van der Waals surface area contributed by atoms with Crippen molar-refractivity contribution in [1.29, 1.82) is 0 Å². The molecule has 2 heterocycles. The molecule has 1 amide bonds. The molecule has 0 saturated heterocycles. The SMILES string of the molecule is CCOC(=O)[C@H](CC(C)C)N(C)C(=O)CCCCCCCCCn1c(C)nc2cnccc21. The Kier molecular flexibility index (Phi) is 11.3. The minimum absolute atomic E-state index is 0.0341. The lowest BCUT2D eigenvalue weighted by atomic mass is 10.0. The number of amides is 1. The maximum Gasteiger partial charge on any atom is 0.328 e. The van der Waals surface area contributed by atoms with Gasteiger partial charge in [-0.2, -0.15) is 0 Å². The lowest BCUT2D eigenvalue weighted by molar-refractivity contribution is -0.154. The van der Waals surface area contributed by atoms with E-state index < -0.39 is 6.04 Å². The Bertz CT molecular complexity index is 878. The fraction of sp³-hybridized carbons (Fsp3) is 0.692. The van der Waals surface area contributed by atoms with Gasteiger partial charge < -0.3 is 14.2 Å². The van der Waals surface area contributed by atoms with E-state index in [1.165, 1.54) is 19.3 Å². The summed E-state index contributed by atoms with van der Waals surface area (Å²) in [6.45, 7) is 9.29. The molecule has 0 saturated carbocycles. The molecule has 0 fully saturated rings. The molecule has 0 aliphatic carbocycles. The zero-order valence-electron chi connectivity index (χ0n) is 21.2. The number of imidazole rings is 1. The van der Waals surface area contributed by atoms with Gasteiger partial charge in [0.1, 0.15) is 17.4 Å². The summed E-state index contributed by atoms with van der Waals surface area (Å²) in [5.41, 5.74) is 2.13. The van der Waals surface area contributed by atoms with Crippen LogP contribution in [-0.2, 0) is 20.9 Å². The van der Waals surface area contributed by atoms with Gasteiger partial charge >= 0.3 is 5.97 Å². The Hall–Kier alpha value is -2.44. The molecule has 0 unspecified atom stereocenters. The molecular weight excluding hydrogens is 416 g/mol. The molecule has 7 heteroatoms. The highest BCUT2D eigenvalue weighted by Gasteiger charge is 2.28. The second kappa shape index (κ2) is 14.0. The van der Waals surface area contributed by atoms with E-state index in [-0.39, 0.29) is 11.9 Å². The van der Waals surface area contributed by atoms with Crippen LogP contribution in [0.5, 0.6) is 0 Å². The first-order chi connectivity index (χ1) is 15.8. The number of carbonyl (C=O) groups is 2. The van der Waals surface area contributed by atoms with E-state index >= 15 is 0 Å². The van der Waals surface area contributed by atoms with Crippen LogP contribution in [0.15, 0.2) is 18.5 Å². The number of pyridine rings is 1. The summed E-state index contributed by atoms with van der Waals surface area (Å²) in [6, 6.07) is 1.55. The van der Waals surface area contributed by atoms with Crippen molar-refractivity contribution in [2.75, 3.05) is 13.7 Å². The van der Waals surface area contributed by atoms with E-state index in [1.807, 2.05) is 18.5 Å². The molecule has 2 aromatic rings. The second-order valence-corrected chi connectivity index (χ2v) is 9.30. The van der Waals surface area contributed by atoms with Crippen LogP contribution in [0.25, 0.3) is 11.0 Å². The number of unbranched alkanes of at least 4 members (excludes halogenated alkanes) is 6. The van der Waals surface area contributed by atoms with Crippen LogP contribution < -0.4 is 0 Å². The van der Waals surface area contributed by atoms with Crippen LogP contribution in [0.4, 0.5) is 0 Å². The smallest absolute Gasteiger partial charge is 0.328 e. The van der Waals surface area contributed by atoms with Crippen molar-refractivity contribution in [3.63, 3.8) is 0 Å². The minimum Gasteiger partial charge on any atom is -0.464 e. The molecule has 0 aromatic carbocycles. The maximum absolute atomic E-state index is 12.6. The molecule has 0 aliphatic rings. The zero-order valence-corrected chi connectivity index (χ0v) is 21.2. The summed E-state index contributed by atoms with van der Waals surface area (Å²) < 4.78 is 7.46. The number of likely N-dealkylation sites (N-methyl/N-ethyl adjacent to an activating group) is 1. The Morgan fingerprint density at radius 2 is 1.76 bits per heavy atom. The molecule has 2 rings (SSSR count). The van der Waals surface area contributed by atoms with E-state index in [9.17, 15) is 9.59 Å². The van der Waals surface area contributed by atoms with E-state index in [0.29, 0.717) is 25.4 Å². The summed E-state index contributed by atoms with van der Waals surface area (Å²) in [7, 11) is 1.73. The van der Waals surface area contributed by atoms with Gasteiger partial charge in [-0.25, -0.2) is 9.78 Å². The third-order valence-corrected chi connectivity index (χ3v) is 6.13. The van der Waals surface area contributed by atoms with E-state index in [4.69, 9.17) is 4.74 Å². The summed E-state index contributed by atoms with van der Waals surface area (Å²) in [4.78, 5) is 35.2. The Morgan fingerprint density at radius 1 is 1.09 bits per heavy atom. The third-order valence-electron chi connectivity index (χ3n) is 6.13. The van der Waals surface area contributed by atoms with Gasteiger partial charge in [-0.05, 0) is 45.1 Å². The van der Waals surface area contributed by atoms with Gasteiger partial charge in [0.2, 0.25) is 5.91 Å². The van der Waals surface area contributed by atoms with E-state index in [2.05, 4.69) is 35.3 Å². The van der Waals surface area contributed by atoms with E-state index in [1.54, 1.807) is 18.9 Å². The Labute approximate surface area is 198 Å². The van der Waals surface area contributed by atoms with Gasteiger partial charge in [-0.3, -0.25) is 9.78 Å². The topological polar surface area (TPSA) is 77.3 Å². The predicted molar refractivity (Wildman–Crippen MR) is 132 cm³/mol. The van der Waals surface area contributed by atoms with Crippen molar-refractivity contribution in [2.45, 2.75) is 98.1 Å². The van der Waals surface area contributed by atoms with Gasteiger partial charge in [0, 0.05) is 26.2 Å². The predicted octanol–water partition coefficient (Wildman–Crippen LogP) is 5.30. The van der Waals surface area contributed by atoms with Crippen molar-refractivity contribution in [3.8, 4) is 0 Å². The highest BCUT2D eigenvalue weighted by Crippen LogP contribution is 2.17.